The fourth-order valence-corrected chi connectivity index (χ4v) is 0.236. The van der Waals surface area contributed by atoms with Gasteiger partial charge in [-0.3, -0.25) is 4.21 Å². The molecule has 7 heavy (non-hydrogen) atoms. The molecule has 0 saturated carbocycles. The van der Waals surface area contributed by atoms with Crippen molar-refractivity contribution in [3.05, 3.63) is 12.7 Å². The van der Waals surface area contributed by atoms with Crippen LogP contribution in [0.2, 0.25) is 0 Å². The van der Waals surface area contributed by atoms with E-state index in [2.05, 4.69) is 6.58 Å². The van der Waals surface area contributed by atoms with Crippen LogP contribution in [0.25, 0.3) is 0 Å². The summed E-state index contributed by atoms with van der Waals surface area (Å²) in [5.74, 6) is 0. The maximum atomic E-state index is 11.5. The largest absolute Gasteiger partial charge is 0.770 e. The van der Waals surface area contributed by atoms with E-state index in [1.807, 2.05) is 0 Å². The topological polar surface area (TPSA) is 40.1 Å². The maximum absolute atomic E-state index is 11.5. The molecule has 2 nitrogen and oxygen atoms in total. The summed E-state index contributed by atoms with van der Waals surface area (Å²) in [5, 5.41) is 0. The van der Waals surface area contributed by atoms with E-state index < -0.39 is 16.6 Å². The quantitative estimate of drug-likeness (QED) is 0.392. The van der Waals surface area contributed by atoms with Crippen LogP contribution in [0.4, 0.5) is 4.39 Å². The molecule has 0 bridgehead atoms. The molecule has 2 unspecified atom stereocenters. The van der Waals surface area contributed by atoms with E-state index in [4.69, 9.17) is 0 Å². The zero-order chi connectivity index (χ0) is 5.86. The third-order valence-corrected chi connectivity index (χ3v) is 0.929. The molecule has 0 amide bonds. The van der Waals surface area contributed by atoms with Crippen LogP contribution in [0.5, 0.6) is 0 Å². The smallest absolute Gasteiger partial charge is 0.179 e. The highest BCUT2D eigenvalue weighted by Crippen LogP contribution is 1.93. The van der Waals surface area contributed by atoms with Crippen LogP contribution < -0.4 is 0 Å². The van der Waals surface area contributed by atoms with Gasteiger partial charge in [-0.15, -0.1) is 0 Å². The molecule has 0 N–H and O–H groups in total. The Hall–Kier alpha value is -0.220. The van der Waals surface area contributed by atoms with Crippen molar-refractivity contribution in [3.8, 4) is 0 Å². The van der Waals surface area contributed by atoms with E-state index in [1.165, 1.54) is 0 Å². The number of hydrogen-bond donors (Lipinski definition) is 0. The van der Waals surface area contributed by atoms with Crippen LogP contribution in [0.3, 0.4) is 0 Å². The molecule has 0 saturated heterocycles. The van der Waals surface area contributed by atoms with E-state index in [0.29, 0.717) is 6.08 Å². The molecule has 0 aliphatic rings. The summed E-state index contributed by atoms with van der Waals surface area (Å²) in [7, 11) is 0. The summed E-state index contributed by atoms with van der Waals surface area (Å²) in [6.07, 6.45) is 0.711. The van der Waals surface area contributed by atoms with Crippen LogP contribution in [-0.4, -0.2) is 14.3 Å². The summed E-state index contributed by atoms with van der Waals surface area (Å²) in [4.78, 5) is 0. The SMILES string of the molecule is C=CC(F)S(=O)[O-]. The Morgan fingerprint density at radius 2 is 2.43 bits per heavy atom. The highest BCUT2D eigenvalue weighted by atomic mass is 32.2. The summed E-state index contributed by atoms with van der Waals surface area (Å²) >= 11 is -2.65. The van der Waals surface area contributed by atoms with Gasteiger partial charge in [-0.1, -0.05) is 6.58 Å². The molecule has 0 heterocycles. The summed E-state index contributed by atoms with van der Waals surface area (Å²) < 4.78 is 30.5. The summed E-state index contributed by atoms with van der Waals surface area (Å²) in [6, 6.07) is 0. The van der Waals surface area contributed by atoms with Gasteiger partial charge in [0.2, 0.25) is 0 Å². The minimum absolute atomic E-state index is 0.711. The highest BCUT2D eigenvalue weighted by Gasteiger charge is 1.95. The molecule has 0 aliphatic heterocycles. The lowest BCUT2D eigenvalue weighted by Crippen LogP contribution is -2.02. The van der Waals surface area contributed by atoms with Crippen molar-refractivity contribution in [1.82, 2.24) is 0 Å². The summed E-state index contributed by atoms with van der Waals surface area (Å²) in [5.41, 5.74) is -1.92. The predicted molar refractivity (Wildman–Crippen MR) is 24.0 cm³/mol. The molecule has 0 radical (unpaired) electrons. The van der Waals surface area contributed by atoms with Crippen LogP contribution in [0.1, 0.15) is 0 Å². The number of halogens is 1. The molecule has 0 fully saturated rings. The monoisotopic (exact) mass is 123 g/mol. The lowest BCUT2D eigenvalue weighted by Gasteiger charge is -2.03. The van der Waals surface area contributed by atoms with Crippen molar-refractivity contribution in [3.63, 3.8) is 0 Å². The van der Waals surface area contributed by atoms with Gasteiger partial charge in [0.15, 0.2) is 5.50 Å². The van der Waals surface area contributed by atoms with Crippen LogP contribution in [0, 0.1) is 0 Å². The summed E-state index contributed by atoms with van der Waals surface area (Å²) in [6.45, 7) is 2.91. The molecule has 0 aliphatic carbocycles. The maximum Gasteiger partial charge on any atom is 0.179 e. The van der Waals surface area contributed by atoms with Crippen molar-refractivity contribution in [2.75, 3.05) is 0 Å². The number of hydrogen-bond acceptors (Lipinski definition) is 2. The second-order valence-electron chi connectivity index (χ2n) is 0.847. The molecule has 0 aromatic carbocycles. The Balaban J connectivity index is 3.55. The van der Waals surface area contributed by atoms with Gasteiger partial charge in [-0.05, 0) is 17.2 Å². The average Bonchev–Trinajstić information content (AvgIpc) is 1.65. The van der Waals surface area contributed by atoms with Crippen LogP contribution >= 0.6 is 0 Å². The van der Waals surface area contributed by atoms with Crippen molar-refractivity contribution in [1.29, 1.82) is 0 Å². The lowest BCUT2D eigenvalue weighted by atomic mass is 10.7. The molecular formula is C3H4FO2S-. The number of alkyl halides is 1. The predicted octanol–water partition coefficient (Wildman–Crippen LogP) is 0.347. The first kappa shape index (κ1) is 6.78. The van der Waals surface area contributed by atoms with E-state index >= 15 is 0 Å². The third-order valence-electron chi connectivity index (χ3n) is 0.369. The van der Waals surface area contributed by atoms with Gasteiger partial charge in [0.25, 0.3) is 0 Å². The van der Waals surface area contributed by atoms with Crippen molar-refractivity contribution >= 4 is 11.1 Å². The molecule has 0 spiro atoms. The van der Waals surface area contributed by atoms with Gasteiger partial charge in [-0.2, -0.15) is 0 Å². The minimum atomic E-state index is -2.65. The van der Waals surface area contributed by atoms with Gasteiger partial charge >= 0.3 is 0 Å². The first-order chi connectivity index (χ1) is 3.18. The standard InChI is InChI=1S/C3H5FO2S/c1-2-3(4)7(5)6/h2-3H,1H2,(H,5,6)/p-1. The van der Waals surface area contributed by atoms with Gasteiger partial charge in [-0.25, -0.2) is 4.39 Å². The van der Waals surface area contributed by atoms with E-state index in [1.54, 1.807) is 0 Å². The second kappa shape index (κ2) is 2.87. The molecule has 42 valence electrons. The highest BCUT2D eigenvalue weighted by molar-refractivity contribution is 7.79. The third kappa shape index (κ3) is 2.47. The zero-order valence-electron chi connectivity index (χ0n) is 3.46. The fourth-order valence-electron chi connectivity index (χ4n) is 0.0786. The van der Waals surface area contributed by atoms with Gasteiger partial charge < -0.3 is 4.55 Å². The van der Waals surface area contributed by atoms with Crippen LogP contribution in [-0.2, 0) is 11.1 Å². The average molecular weight is 123 g/mol. The second-order valence-corrected chi connectivity index (χ2v) is 1.82. The molecular weight excluding hydrogens is 119 g/mol. The zero-order valence-corrected chi connectivity index (χ0v) is 4.28. The number of rotatable bonds is 2. The van der Waals surface area contributed by atoms with Crippen molar-refractivity contribution in [2.45, 2.75) is 5.50 Å². The Morgan fingerprint density at radius 3 is 2.43 bits per heavy atom. The van der Waals surface area contributed by atoms with E-state index in [0.717, 1.165) is 0 Å². The molecule has 0 aromatic heterocycles. The Bertz CT molecular complexity index is 92.9. The Morgan fingerprint density at radius 1 is 2.00 bits per heavy atom. The molecule has 4 heteroatoms. The molecule has 0 aromatic rings. The van der Waals surface area contributed by atoms with E-state index in [9.17, 15) is 13.2 Å². The fraction of sp³-hybridized carbons (Fsp3) is 0.333. The van der Waals surface area contributed by atoms with Crippen LogP contribution in [0.15, 0.2) is 12.7 Å². The van der Waals surface area contributed by atoms with Gasteiger partial charge in [0.1, 0.15) is 0 Å². The lowest BCUT2D eigenvalue weighted by molar-refractivity contribution is 0.448. The van der Waals surface area contributed by atoms with Gasteiger partial charge in [0, 0.05) is 0 Å². The Labute approximate surface area is 43.3 Å². The normalized spacial score (nSPS) is 18.0. The molecule has 0 rings (SSSR count). The van der Waals surface area contributed by atoms with Gasteiger partial charge in [0.05, 0.1) is 0 Å². The van der Waals surface area contributed by atoms with Crippen molar-refractivity contribution in [2.24, 2.45) is 0 Å². The van der Waals surface area contributed by atoms with Crippen molar-refractivity contribution < 1.29 is 13.2 Å². The first-order valence-electron chi connectivity index (χ1n) is 1.53. The minimum Gasteiger partial charge on any atom is -0.770 e. The molecule has 2 atom stereocenters. The first-order valence-corrected chi connectivity index (χ1v) is 2.67. The van der Waals surface area contributed by atoms with E-state index in [-0.39, 0.29) is 0 Å². The Kier molecular flexibility index (Phi) is 2.78.